The molecule has 8 heterocycles. The lowest BCUT2D eigenvalue weighted by Crippen LogP contribution is -2.30. The highest BCUT2D eigenvalue weighted by atomic mass is 19.1. The van der Waals surface area contributed by atoms with Crippen LogP contribution in [0.2, 0.25) is 0 Å². The SMILES string of the molecule is C.COc1cc(OC)c(F)c(N(CCCN2CCCC2=O)c2ccc3ncc(-c4cnn(C)c4)nc3n2)c1F.COc1cc(OC)c(F)c(N=c2ccc3ncc(-c4cnn(C)c4)nc3n2CCCN2CCCC2=O)c1F. The van der Waals surface area contributed by atoms with Crippen molar-refractivity contribution >= 4 is 51.3 Å². The molecular formula is C53H58F4N14O6. The van der Waals surface area contributed by atoms with Crippen LogP contribution in [-0.4, -0.2) is 132 Å². The second-order valence-electron chi connectivity index (χ2n) is 17.8. The lowest BCUT2D eigenvalue weighted by molar-refractivity contribution is -0.128. The van der Waals surface area contributed by atoms with Crippen LogP contribution < -0.4 is 29.3 Å². The predicted octanol–water partition coefficient (Wildman–Crippen LogP) is 7.88. The first-order valence-electron chi connectivity index (χ1n) is 24.3. The van der Waals surface area contributed by atoms with Crippen LogP contribution in [0.3, 0.4) is 0 Å². The van der Waals surface area contributed by atoms with Gasteiger partial charge in [-0.05, 0) is 49.9 Å². The van der Waals surface area contributed by atoms with Gasteiger partial charge in [-0.25, -0.2) is 37.5 Å². The number of likely N-dealkylation sites (tertiary alicyclic amines) is 2. The minimum absolute atomic E-state index is 0. The third-order valence-corrected chi connectivity index (χ3v) is 12.9. The Balaban J connectivity index is 0.000000201. The van der Waals surface area contributed by atoms with Gasteiger partial charge in [-0.2, -0.15) is 10.2 Å². The summed E-state index contributed by atoms with van der Waals surface area (Å²) in [6.07, 6.45) is 14.0. The Hall–Kier alpha value is -8.70. The van der Waals surface area contributed by atoms with E-state index in [0.29, 0.717) is 85.6 Å². The van der Waals surface area contributed by atoms with Gasteiger partial charge in [-0.1, -0.05) is 7.43 Å². The number of pyridine rings is 2. The number of anilines is 2. The third-order valence-electron chi connectivity index (χ3n) is 12.9. The van der Waals surface area contributed by atoms with Crippen LogP contribution in [0.1, 0.15) is 46.0 Å². The highest BCUT2D eigenvalue weighted by Crippen LogP contribution is 2.40. The van der Waals surface area contributed by atoms with Gasteiger partial charge >= 0.3 is 0 Å². The molecule has 404 valence electrons. The molecule has 0 N–H and O–H groups in total. The van der Waals surface area contributed by atoms with Crippen molar-refractivity contribution in [2.75, 3.05) is 66.1 Å². The Morgan fingerprint density at radius 3 is 1.66 bits per heavy atom. The van der Waals surface area contributed by atoms with Gasteiger partial charge in [0.05, 0.1) is 64.6 Å². The first-order chi connectivity index (χ1) is 36.8. The van der Waals surface area contributed by atoms with E-state index in [2.05, 4.69) is 35.1 Å². The van der Waals surface area contributed by atoms with Crippen LogP contribution >= 0.6 is 0 Å². The molecule has 24 heteroatoms. The Morgan fingerprint density at radius 2 is 1.14 bits per heavy atom. The van der Waals surface area contributed by atoms with Crippen molar-refractivity contribution in [3.05, 3.63) is 102 Å². The van der Waals surface area contributed by atoms with Crippen molar-refractivity contribution in [2.24, 2.45) is 19.1 Å². The summed E-state index contributed by atoms with van der Waals surface area (Å²) in [4.78, 5) is 56.6. The summed E-state index contributed by atoms with van der Waals surface area (Å²) in [6.45, 7) is 2.96. The molecule has 0 unspecified atom stereocenters. The number of benzene rings is 2. The molecule has 2 fully saturated rings. The molecule has 0 spiro atoms. The average molecular weight is 1060 g/mol. The molecule has 0 bridgehead atoms. The Morgan fingerprint density at radius 1 is 0.623 bits per heavy atom. The summed E-state index contributed by atoms with van der Waals surface area (Å²) in [5.74, 6) is -3.93. The van der Waals surface area contributed by atoms with Gasteiger partial charge in [-0.3, -0.25) is 28.9 Å². The highest BCUT2D eigenvalue weighted by Gasteiger charge is 2.29. The fourth-order valence-electron chi connectivity index (χ4n) is 9.05. The number of nitrogens with zero attached hydrogens (tertiary/aromatic N) is 14. The van der Waals surface area contributed by atoms with Crippen LogP contribution in [0.4, 0.5) is 34.8 Å². The second kappa shape index (κ2) is 23.9. The lowest BCUT2D eigenvalue weighted by atomic mass is 10.2. The lowest BCUT2D eigenvalue weighted by Gasteiger charge is -2.27. The van der Waals surface area contributed by atoms with Crippen LogP contribution in [0.15, 0.2) is 78.6 Å². The Bertz CT molecular complexity index is 3480. The molecule has 2 amide bonds. The highest BCUT2D eigenvalue weighted by molar-refractivity contribution is 5.79. The number of rotatable bonds is 17. The van der Waals surface area contributed by atoms with Crippen molar-refractivity contribution in [3.63, 3.8) is 0 Å². The van der Waals surface area contributed by atoms with E-state index in [0.717, 1.165) is 42.6 Å². The van der Waals surface area contributed by atoms with Crippen molar-refractivity contribution in [1.82, 2.24) is 58.8 Å². The van der Waals surface area contributed by atoms with E-state index in [9.17, 15) is 9.59 Å². The van der Waals surface area contributed by atoms with Gasteiger partial charge in [0.2, 0.25) is 11.8 Å². The third kappa shape index (κ3) is 11.6. The number of hydrogen-bond acceptors (Lipinski definition) is 15. The van der Waals surface area contributed by atoms with Gasteiger partial charge < -0.3 is 38.2 Å². The molecular weight excluding hydrogens is 1000 g/mol. The molecule has 0 radical (unpaired) electrons. The molecule has 0 saturated carbocycles. The zero-order valence-electron chi connectivity index (χ0n) is 42.6. The van der Waals surface area contributed by atoms with E-state index in [-0.39, 0.29) is 65.8 Å². The number of hydrogen-bond donors (Lipinski definition) is 0. The summed E-state index contributed by atoms with van der Waals surface area (Å²) < 4.78 is 87.0. The van der Waals surface area contributed by atoms with Crippen molar-refractivity contribution < 1.29 is 46.1 Å². The predicted molar refractivity (Wildman–Crippen MR) is 278 cm³/mol. The maximum Gasteiger partial charge on any atom is 0.222 e. The molecule has 0 atom stereocenters. The van der Waals surface area contributed by atoms with Gasteiger partial charge in [0.15, 0.2) is 57.6 Å². The molecule has 77 heavy (non-hydrogen) atoms. The fraction of sp³-hybridized carbons (Fsp3) is 0.358. The maximum atomic E-state index is 15.6. The largest absolute Gasteiger partial charge is 0.493 e. The number of aryl methyl sites for hydroxylation is 3. The van der Waals surface area contributed by atoms with Crippen molar-refractivity contribution in [3.8, 4) is 45.5 Å². The number of fused-ring (bicyclic) bond motifs is 2. The smallest absolute Gasteiger partial charge is 0.222 e. The fourth-order valence-corrected chi connectivity index (χ4v) is 9.05. The first kappa shape index (κ1) is 54.6. The number of amides is 2. The second-order valence-corrected chi connectivity index (χ2v) is 17.8. The van der Waals surface area contributed by atoms with E-state index in [1.165, 1.54) is 33.3 Å². The summed E-state index contributed by atoms with van der Waals surface area (Å²) in [5, 5.41) is 8.37. The van der Waals surface area contributed by atoms with Crippen molar-refractivity contribution in [1.29, 1.82) is 0 Å². The van der Waals surface area contributed by atoms with Crippen LogP contribution in [0.5, 0.6) is 23.0 Å². The molecule has 2 saturated heterocycles. The van der Waals surface area contributed by atoms with E-state index in [4.69, 9.17) is 23.9 Å². The number of ether oxygens (including phenoxy) is 4. The molecule has 2 aliphatic heterocycles. The number of methoxy groups -OCH3 is 4. The summed E-state index contributed by atoms with van der Waals surface area (Å²) in [5.41, 5.74) is 3.93. The zero-order chi connectivity index (χ0) is 53.6. The van der Waals surface area contributed by atoms with Gasteiger partial charge in [-0.15, -0.1) is 0 Å². The molecule has 2 aliphatic rings. The minimum atomic E-state index is -0.949. The first-order valence-corrected chi connectivity index (χ1v) is 24.3. The van der Waals surface area contributed by atoms with E-state index >= 15 is 17.6 Å². The minimum Gasteiger partial charge on any atom is -0.493 e. The summed E-state index contributed by atoms with van der Waals surface area (Å²) in [7, 11) is 8.77. The summed E-state index contributed by atoms with van der Waals surface area (Å²) in [6, 6.07) is 8.95. The average Bonchev–Trinajstić information content (AvgIpc) is 4.27. The topological polar surface area (TPSA) is 198 Å². The zero-order valence-corrected chi connectivity index (χ0v) is 42.6. The van der Waals surface area contributed by atoms with Gasteiger partial charge in [0.25, 0.3) is 0 Å². The van der Waals surface area contributed by atoms with E-state index in [1.807, 2.05) is 11.1 Å². The Kier molecular flexibility index (Phi) is 16.9. The molecule has 6 aromatic heterocycles. The summed E-state index contributed by atoms with van der Waals surface area (Å²) >= 11 is 0. The normalized spacial score (nSPS) is 13.6. The van der Waals surface area contributed by atoms with Crippen LogP contribution in [0.25, 0.3) is 44.8 Å². The monoisotopic (exact) mass is 1060 g/mol. The van der Waals surface area contributed by atoms with E-state index in [1.54, 1.807) is 88.2 Å². The van der Waals surface area contributed by atoms with Crippen LogP contribution in [0, 0.1) is 23.3 Å². The number of halogens is 4. The Labute approximate surface area is 440 Å². The van der Waals surface area contributed by atoms with Crippen molar-refractivity contribution in [2.45, 2.75) is 52.5 Å². The van der Waals surface area contributed by atoms with Gasteiger partial charge in [0, 0.05) is 102 Å². The quantitative estimate of drug-likeness (QED) is 0.0798. The van der Waals surface area contributed by atoms with Crippen LogP contribution in [-0.2, 0) is 30.2 Å². The standard InChI is InChI=1S/2C26H27F2N7O3.CH4/c1-33-15-16(13-30-33)18-14-29-17-7-8-21(32-26(17)31-18)35(11-5-10-34-9-4-6-22(34)36)25-23(27)19(37-2)12-20(38-3)24(25)28;1-33-15-16(13-30-33)18-14-29-17-7-8-21(32-25-23(27)19(37-2)12-20(38-3)24(25)28)35(26(17)31-18)11-5-10-34-9-4-6-22(34)36;/h2*7-8,12-15H,4-6,9-11H2,1-3H3;1H4. The molecule has 20 nitrogen and oxygen atoms in total. The number of aromatic nitrogens is 10. The molecule has 2 aromatic carbocycles. The number of carbonyl (C=O) groups excluding carboxylic acids is 2. The van der Waals surface area contributed by atoms with Gasteiger partial charge in [0.1, 0.15) is 33.7 Å². The molecule has 8 aromatic rings. The number of carbonyl (C=O) groups is 2. The molecule has 10 rings (SSSR count). The maximum absolute atomic E-state index is 15.6. The van der Waals surface area contributed by atoms with E-state index < -0.39 is 29.0 Å². The molecule has 0 aliphatic carbocycles.